The van der Waals surface area contributed by atoms with E-state index in [9.17, 15) is 8.42 Å². The van der Waals surface area contributed by atoms with Crippen molar-refractivity contribution < 1.29 is 25.7 Å². The van der Waals surface area contributed by atoms with Crippen LogP contribution in [0, 0.1) is 7.43 Å². The van der Waals surface area contributed by atoms with E-state index < -0.39 is 22.1 Å². The molecule has 5 nitrogen and oxygen atoms in total. The Kier molecular flexibility index (Phi) is 11.2. The first kappa shape index (κ1) is 25.4. The number of halogens is 1. The standard InChI is InChI=1S/C20H19N3O2S.CH3.ClH.Ru/c21-19(17-7-3-1-4-8-17)20(18-9-5-2-6-10-18)23-26(24,25)15-16-11-13-22-14-12-16;;;/h1-14,19-21H,15H2;1H3;1H;/q-2;-1;;+4/p-1. The minimum absolute atomic E-state index is 0. The molecule has 29 heavy (non-hydrogen) atoms. The number of nitrogens with zero attached hydrogens (tertiary/aromatic N) is 2. The van der Waals surface area contributed by atoms with Gasteiger partial charge in [0.15, 0.2) is 0 Å². The maximum atomic E-state index is 12.6. The van der Waals surface area contributed by atoms with Crippen LogP contribution in [0.2, 0.25) is 0 Å². The summed E-state index contributed by atoms with van der Waals surface area (Å²) in [6, 6.07) is 20.0. The Bertz CT molecular complexity index is 930. The molecule has 2 unspecified atom stereocenters. The van der Waals surface area contributed by atoms with Crippen molar-refractivity contribution in [3.63, 3.8) is 0 Å². The molecule has 0 saturated heterocycles. The van der Waals surface area contributed by atoms with Crippen LogP contribution in [0.15, 0.2) is 85.2 Å². The van der Waals surface area contributed by atoms with Crippen LogP contribution in [0.1, 0.15) is 28.8 Å². The molecule has 1 heterocycles. The molecule has 154 valence electrons. The molecule has 1 aromatic heterocycles. The van der Waals surface area contributed by atoms with E-state index in [1.165, 1.54) is 0 Å². The van der Waals surface area contributed by atoms with Gasteiger partial charge >= 0.3 is 27.0 Å². The number of hydrogen-bond donors (Lipinski definition) is 0. The van der Waals surface area contributed by atoms with Crippen LogP contribution in [-0.2, 0) is 33.1 Å². The quantitative estimate of drug-likeness (QED) is 0.287. The average Bonchev–Trinajstić information content (AvgIpc) is 2.75. The molecule has 0 aliphatic rings. The molecule has 0 spiro atoms. The Morgan fingerprint density at radius 1 is 0.897 bits per heavy atom. The number of sulfonamides is 1. The number of benzene rings is 2. The summed E-state index contributed by atoms with van der Waals surface area (Å²) in [6.07, 6.45) is 3.10. The molecule has 2 aromatic carbocycles. The molecule has 0 fully saturated rings. The van der Waals surface area contributed by atoms with Gasteiger partial charge in [0.2, 0.25) is 0 Å². The number of rotatable bonds is 7. The van der Waals surface area contributed by atoms with Gasteiger partial charge in [0.05, 0.1) is 15.8 Å². The van der Waals surface area contributed by atoms with Crippen LogP contribution in [0.4, 0.5) is 0 Å². The molecule has 3 rings (SSSR count). The molecular weight excluding hydrogens is 495 g/mol. The maximum Gasteiger partial charge on any atom is 0.0767 e. The predicted molar refractivity (Wildman–Crippen MR) is 115 cm³/mol. The molecule has 2 atom stereocenters. The van der Waals surface area contributed by atoms with Crippen LogP contribution in [0.5, 0.6) is 0 Å². The van der Waals surface area contributed by atoms with Crippen LogP contribution in [0.3, 0.4) is 0 Å². The molecule has 0 bridgehead atoms. The summed E-state index contributed by atoms with van der Waals surface area (Å²) in [5.41, 5.74) is 10.7. The van der Waals surface area contributed by atoms with Gasteiger partial charge in [-0.25, -0.2) is 8.42 Å². The van der Waals surface area contributed by atoms with E-state index in [0.29, 0.717) is 11.1 Å². The maximum absolute atomic E-state index is 12.6. The average molecular weight is 517 g/mol. The van der Waals surface area contributed by atoms with E-state index in [1.54, 1.807) is 36.7 Å². The number of nitrogens with one attached hydrogen (secondary N) is 1. The summed E-state index contributed by atoms with van der Waals surface area (Å²) in [6.45, 7) is 0. The summed E-state index contributed by atoms with van der Waals surface area (Å²) >= 11 is 1.82. The molecule has 0 amide bonds. The molecule has 1 N–H and O–H groups in total. The normalized spacial score (nSPS) is 12.6. The fourth-order valence-corrected chi connectivity index (χ4v) is 3.98. The SMILES string of the molecule is [CH3-].[Cl][Ru+3].[NH-]C(c1ccccc1)C([N-]S(=O)(=O)Cc1ccncc1)c1ccccc1. The van der Waals surface area contributed by atoms with Crippen molar-refractivity contribution in [2.75, 3.05) is 0 Å². The van der Waals surface area contributed by atoms with Gasteiger partial charge in [0.25, 0.3) is 0 Å². The fourth-order valence-electron chi connectivity index (χ4n) is 2.71. The van der Waals surface area contributed by atoms with Crippen molar-refractivity contribution in [2.24, 2.45) is 0 Å². The Morgan fingerprint density at radius 2 is 1.38 bits per heavy atom. The number of pyridine rings is 1. The van der Waals surface area contributed by atoms with E-state index in [1.807, 2.05) is 65.8 Å². The van der Waals surface area contributed by atoms with Crippen molar-refractivity contribution >= 4 is 19.7 Å². The minimum Gasteiger partial charge on any atom is -0.672 e. The zero-order chi connectivity index (χ0) is 20.4. The zero-order valence-electron chi connectivity index (χ0n) is 15.8. The van der Waals surface area contributed by atoms with Gasteiger partial charge < -0.3 is 17.9 Å². The van der Waals surface area contributed by atoms with Crippen LogP contribution in [0.25, 0.3) is 10.5 Å². The molecule has 0 aliphatic carbocycles. The predicted octanol–water partition coefficient (Wildman–Crippen LogP) is 5.96. The van der Waals surface area contributed by atoms with Crippen LogP contribution in [-0.4, -0.2) is 13.4 Å². The van der Waals surface area contributed by atoms with Gasteiger partial charge in [0.1, 0.15) is 0 Å². The molecular formula is C21H22ClN3O2RuS. The third-order valence-corrected chi connectivity index (χ3v) is 5.23. The van der Waals surface area contributed by atoms with Gasteiger partial charge in [0, 0.05) is 12.4 Å². The van der Waals surface area contributed by atoms with Gasteiger partial charge in [-0.05, 0) is 17.7 Å². The summed E-state index contributed by atoms with van der Waals surface area (Å²) in [4.78, 5) is 3.90. The summed E-state index contributed by atoms with van der Waals surface area (Å²) in [7, 11) is 0.811. The summed E-state index contributed by atoms with van der Waals surface area (Å²) in [5.74, 6) is -0.208. The fraction of sp³-hybridized carbons (Fsp3) is 0.143. The smallest absolute Gasteiger partial charge is 0.0767 e. The first-order valence-corrected chi connectivity index (χ1v) is 12.2. The summed E-state index contributed by atoms with van der Waals surface area (Å²) in [5, 5.41) is 0. The molecule has 0 aliphatic heterocycles. The molecule has 0 radical (unpaired) electrons. The Labute approximate surface area is 187 Å². The zero-order valence-corrected chi connectivity index (χ0v) is 19.1. The third kappa shape index (κ3) is 7.96. The van der Waals surface area contributed by atoms with E-state index in [0.717, 1.165) is 5.56 Å². The second kappa shape index (κ2) is 12.8. The monoisotopic (exact) mass is 517 g/mol. The number of hydrogen-bond acceptors (Lipinski definition) is 3. The second-order valence-corrected chi connectivity index (χ2v) is 7.59. The van der Waals surface area contributed by atoms with Crippen LogP contribution >= 0.6 is 9.69 Å². The van der Waals surface area contributed by atoms with Crippen molar-refractivity contribution in [3.05, 3.63) is 120 Å². The van der Waals surface area contributed by atoms with Crippen molar-refractivity contribution in [1.29, 1.82) is 0 Å². The van der Waals surface area contributed by atoms with Crippen molar-refractivity contribution in [1.82, 2.24) is 4.98 Å². The van der Waals surface area contributed by atoms with Gasteiger partial charge in [-0.15, -0.1) is 12.1 Å². The largest absolute Gasteiger partial charge is 0.672 e. The van der Waals surface area contributed by atoms with Gasteiger partial charge in [-0.2, -0.15) is 0 Å². The first-order chi connectivity index (χ1) is 13.6. The van der Waals surface area contributed by atoms with Gasteiger partial charge in [-0.3, -0.25) is 4.98 Å². The van der Waals surface area contributed by atoms with E-state index in [2.05, 4.69) is 19.4 Å². The molecule has 0 saturated carbocycles. The molecule has 8 heteroatoms. The van der Waals surface area contributed by atoms with Crippen LogP contribution < -0.4 is 0 Å². The van der Waals surface area contributed by atoms with Crippen molar-refractivity contribution in [3.8, 4) is 0 Å². The minimum atomic E-state index is -3.76. The van der Waals surface area contributed by atoms with E-state index in [-0.39, 0.29) is 13.2 Å². The molecule has 3 aromatic rings. The third-order valence-electron chi connectivity index (χ3n) is 3.99. The first-order valence-electron chi connectivity index (χ1n) is 8.33. The van der Waals surface area contributed by atoms with Gasteiger partial charge in [-0.1, -0.05) is 71.8 Å². The summed E-state index contributed by atoms with van der Waals surface area (Å²) < 4.78 is 29.4. The van der Waals surface area contributed by atoms with Crippen molar-refractivity contribution in [2.45, 2.75) is 17.8 Å². The van der Waals surface area contributed by atoms with E-state index in [4.69, 9.17) is 5.73 Å². The Morgan fingerprint density at radius 3 is 1.90 bits per heavy atom. The number of aromatic nitrogens is 1. The Balaban J connectivity index is 0.00000136. The second-order valence-electron chi connectivity index (χ2n) is 5.93. The topological polar surface area (TPSA) is 84.9 Å². The Hall–Kier alpha value is -1.63. The van der Waals surface area contributed by atoms with E-state index >= 15 is 0 Å².